The van der Waals surface area contributed by atoms with Gasteiger partial charge in [0.25, 0.3) is 5.56 Å². The van der Waals surface area contributed by atoms with E-state index >= 15 is 0 Å². The lowest BCUT2D eigenvalue weighted by Crippen LogP contribution is -2.17. The van der Waals surface area contributed by atoms with E-state index in [0.29, 0.717) is 10.9 Å². The second-order valence-electron chi connectivity index (χ2n) is 4.58. The molecule has 0 spiro atoms. The van der Waals surface area contributed by atoms with E-state index in [0.717, 1.165) is 22.2 Å². The zero-order chi connectivity index (χ0) is 14.5. The summed E-state index contributed by atoms with van der Waals surface area (Å²) in [6, 6.07) is 7.22. The normalized spacial score (nSPS) is 12.2. The van der Waals surface area contributed by atoms with Gasteiger partial charge < -0.3 is 0 Å². The van der Waals surface area contributed by atoms with Crippen LogP contribution in [0.1, 0.15) is 11.1 Å². The lowest BCUT2D eigenvalue weighted by molar-refractivity contribution is -0.137. The zero-order valence-electron chi connectivity index (χ0n) is 10.4. The monoisotopic (exact) mass is 278 g/mol. The van der Waals surface area contributed by atoms with Crippen LogP contribution in [0.4, 0.5) is 13.2 Å². The van der Waals surface area contributed by atoms with Crippen molar-refractivity contribution < 1.29 is 13.2 Å². The lowest BCUT2D eigenvalue weighted by atomic mass is 10.1. The molecule has 0 aliphatic rings. The quantitative estimate of drug-likeness (QED) is 0.592. The van der Waals surface area contributed by atoms with Crippen molar-refractivity contribution in [1.82, 2.24) is 9.38 Å². The van der Waals surface area contributed by atoms with Crippen molar-refractivity contribution in [3.8, 4) is 0 Å². The van der Waals surface area contributed by atoms with Crippen LogP contribution in [0, 0.1) is 6.92 Å². The summed E-state index contributed by atoms with van der Waals surface area (Å²) < 4.78 is 39.0. The molecular weight excluding hydrogens is 269 g/mol. The minimum Gasteiger partial charge on any atom is -0.268 e. The van der Waals surface area contributed by atoms with E-state index in [-0.39, 0.29) is 5.65 Å². The summed E-state index contributed by atoms with van der Waals surface area (Å²) in [5, 5.41) is 0.307. The van der Waals surface area contributed by atoms with Gasteiger partial charge in [0.2, 0.25) is 0 Å². The van der Waals surface area contributed by atoms with Crippen molar-refractivity contribution in [2.45, 2.75) is 13.1 Å². The van der Waals surface area contributed by atoms with Gasteiger partial charge in [-0.1, -0.05) is 11.6 Å². The number of nitrogens with zero attached hydrogens (tertiary/aromatic N) is 2. The largest absolute Gasteiger partial charge is 0.417 e. The highest BCUT2D eigenvalue weighted by Gasteiger charge is 2.31. The third kappa shape index (κ3) is 1.93. The number of halogens is 3. The molecule has 0 amide bonds. The van der Waals surface area contributed by atoms with Gasteiger partial charge >= 0.3 is 6.18 Å². The number of rotatable bonds is 0. The first-order chi connectivity index (χ1) is 9.36. The fraction of sp³-hybridized carbons (Fsp3) is 0.143. The first kappa shape index (κ1) is 12.7. The van der Waals surface area contributed by atoms with Crippen molar-refractivity contribution in [2.24, 2.45) is 0 Å². The van der Waals surface area contributed by atoms with Crippen LogP contribution in [0.3, 0.4) is 0 Å². The van der Waals surface area contributed by atoms with Gasteiger partial charge in [-0.2, -0.15) is 13.2 Å². The fourth-order valence-corrected chi connectivity index (χ4v) is 2.09. The molecule has 20 heavy (non-hydrogen) atoms. The molecular formula is C14H9F3N2O. The summed E-state index contributed by atoms with van der Waals surface area (Å²) in [6.45, 7) is 1.81. The Hall–Kier alpha value is -2.37. The van der Waals surface area contributed by atoms with Gasteiger partial charge in [0.05, 0.1) is 16.5 Å². The number of fused-ring (bicyclic) bond motifs is 2. The molecule has 1 aromatic carbocycles. The van der Waals surface area contributed by atoms with Crippen LogP contribution in [0.25, 0.3) is 16.6 Å². The third-order valence-electron chi connectivity index (χ3n) is 3.09. The van der Waals surface area contributed by atoms with Gasteiger partial charge in [-0.3, -0.25) is 9.20 Å². The molecule has 2 aromatic heterocycles. The first-order valence-electron chi connectivity index (χ1n) is 5.86. The van der Waals surface area contributed by atoms with Crippen molar-refractivity contribution in [3.63, 3.8) is 0 Å². The first-order valence-corrected chi connectivity index (χ1v) is 5.86. The van der Waals surface area contributed by atoms with E-state index in [1.165, 1.54) is 6.07 Å². The zero-order valence-corrected chi connectivity index (χ0v) is 10.4. The Balaban J connectivity index is 2.43. The summed E-state index contributed by atoms with van der Waals surface area (Å²) in [5.41, 5.74) is 0.142. The van der Waals surface area contributed by atoms with Crippen molar-refractivity contribution >= 4 is 16.6 Å². The van der Waals surface area contributed by atoms with Crippen LogP contribution in [-0.4, -0.2) is 9.38 Å². The molecule has 0 fully saturated rings. The van der Waals surface area contributed by atoms with Gasteiger partial charge in [-0.15, -0.1) is 0 Å². The second kappa shape index (κ2) is 4.06. The molecule has 0 saturated carbocycles. The highest BCUT2D eigenvalue weighted by Crippen LogP contribution is 2.28. The molecule has 0 bridgehead atoms. The number of alkyl halides is 3. The number of hydrogen-bond donors (Lipinski definition) is 0. The van der Waals surface area contributed by atoms with Gasteiger partial charge in [0, 0.05) is 6.20 Å². The Morgan fingerprint density at radius 1 is 1.15 bits per heavy atom. The van der Waals surface area contributed by atoms with Gasteiger partial charge in [-0.25, -0.2) is 4.98 Å². The summed E-state index contributed by atoms with van der Waals surface area (Å²) in [4.78, 5) is 16.5. The fourth-order valence-electron chi connectivity index (χ4n) is 2.09. The maximum absolute atomic E-state index is 12.7. The van der Waals surface area contributed by atoms with Crippen molar-refractivity contribution in [3.05, 3.63) is 58.0 Å². The van der Waals surface area contributed by atoms with Crippen LogP contribution in [0.15, 0.2) is 41.3 Å². The Morgan fingerprint density at radius 2 is 1.90 bits per heavy atom. The molecule has 0 N–H and O–H groups in total. The van der Waals surface area contributed by atoms with E-state index in [1.807, 2.05) is 0 Å². The number of pyridine rings is 1. The summed E-state index contributed by atoms with van der Waals surface area (Å²) in [5.74, 6) is 0. The van der Waals surface area contributed by atoms with Crippen molar-refractivity contribution in [2.75, 3.05) is 0 Å². The molecule has 6 heteroatoms. The molecule has 102 valence electrons. The Kier molecular flexibility index (Phi) is 2.57. The minimum absolute atomic E-state index is 0.194. The standard InChI is InChI=1S/C14H9F3N2O/c1-8-2-4-11-10(6-8)13(20)19-7-9(14(15,16)17)3-5-12(19)18-11/h2-7H,1H3. The average molecular weight is 278 g/mol. The lowest BCUT2D eigenvalue weighted by Gasteiger charge is -2.09. The second-order valence-corrected chi connectivity index (χ2v) is 4.58. The molecule has 0 atom stereocenters. The highest BCUT2D eigenvalue weighted by atomic mass is 19.4. The molecule has 0 saturated heterocycles. The summed E-state index contributed by atoms with van der Waals surface area (Å²) in [6.07, 6.45) is -3.71. The van der Waals surface area contributed by atoms with Gasteiger partial charge in [-0.05, 0) is 31.2 Å². The minimum atomic E-state index is -4.49. The van der Waals surface area contributed by atoms with Crippen molar-refractivity contribution in [1.29, 1.82) is 0 Å². The molecule has 0 unspecified atom stereocenters. The molecule has 2 heterocycles. The number of hydrogen-bond acceptors (Lipinski definition) is 2. The van der Waals surface area contributed by atoms with Crippen LogP contribution in [0.5, 0.6) is 0 Å². The Morgan fingerprint density at radius 3 is 2.60 bits per heavy atom. The number of aryl methyl sites for hydroxylation is 1. The summed E-state index contributed by atoms with van der Waals surface area (Å²) >= 11 is 0. The van der Waals surface area contributed by atoms with Crippen LogP contribution < -0.4 is 5.56 Å². The third-order valence-corrected chi connectivity index (χ3v) is 3.09. The van der Waals surface area contributed by atoms with E-state index in [2.05, 4.69) is 4.98 Å². The molecule has 3 aromatic rings. The van der Waals surface area contributed by atoms with Crippen LogP contribution >= 0.6 is 0 Å². The SMILES string of the molecule is Cc1ccc2nc3ccc(C(F)(F)F)cn3c(=O)c2c1. The number of aromatic nitrogens is 2. The van der Waals surface area contributed by atoms with Gasteiger partial charge in [0.15, 0.2) is 0 Å². The van der Waals surface area contributed by atoms with E-state index in [4.69, 9.17) is 0 Å². The Bertz CT molecular complexity index is 881. The Labute approximate surface area is 111 Å². The van der Waals surface area contributed by atoms with E-state index in [1.54, 1.807) is 25.1 Å². The summed E-state index contributed by atoms with van der Waals surface area (Å²) in [7, 11) is 0. The molecule has 0 aliphatic carbocycles. The van der Waals surface area contributed by atoms with E-state index < -0.39 is 17.3 Å². The topological polar surface area (TPSA) is 34.4 Å². The van der Waals surface area contributed by atoms with Crippen LogP contribution in [0.2, 0.25) is 0 Å². The molecule has 3 nitrogen and oxygen atoms in total. The molecule has 3 rings (SSSR count). The smallest absolute Gasteiger partial charge is 0.268 e. The highest BCUT2D eigenvalue weighted by molar-refractivity contribution is 5.80. The predicted molar refractivity (Wildman–Crippen MR) is 68.7 cm³/mol. The predicted octanol–water partition coefficient (Wildman–Crippen LogP) is 3.17. The average Bonchev–Trinajstić information content (AvgIpc) is 2.38. The van der Waals surface area contributed by atoms with Gasteiger partial charge in [0.1, 0.15) is 5.65 Å². The maximum atomic E-state index is 12.7. The number of benzene rings is 1. The van der Waals surface area contributed by atoms with E-state index in [9.17, 15) is 18.0 Å². The molecule has 0 radical (unpaired) electrons. The molecule has 0 aliphatic heterocycles. The maximum Gasteiger partial charge on any atom is 0.417 e. The van der Waals surface area contributed by atoms with Crippen LogP contribution in [-0.2, 0) is 6.18 Å².